The molecular formula is C14H14ClN3O. The number of hydrogen-bond donors (Lipinski definition) is 2. The Kier molecular flexibility index (Phi) is 4.89. The van der Waals surface area contributed by atoms with Gasteiger partial charge in [0.15, 0.2) is 0 Å². The van der Waals surface area contributed by atoms with Gasteiger partial charge in [0.05, 0.1) is 17.3 Å². The van der Waals surface area contributed by atoms with E-state index in [2.05, 4.69) is 15.6 Å². The number of pyridine rings is 1. The van der Waals surface area contributed by atoms with Crippen molar-refractivity contribution in [2.75, 3.05) is 11.9 Å². The lowest BCUT2D eigenvalue weighted by molar-refractivity contribution is -0.115. The van der Waals surface area contributed by atoms with Crippen molar-refractivity contribution >= 4 is 23.2 Å². The second-order valence-electron chi connectivity index (χ2n) is 3.99. The minimum absolute atomic E-state index is 0.128. The van der Waals surface area contributed by atoms with Crippen molar-refractivity contribution in [3.05, 3.63) is 59.4 Å². The third kappa shape index (κ3) is 4.35. The fraction of sp³-hybridized carbons (Fsp3) is 0.143. The molecule has 2 aromatic rings. The van der Waals surface area contributed by atoms with Crippen molar-refractivity contribution in [1.29, 1.82) is 0 Å². The number of para-hydroxylation sites is 1. The number of rotatable bonds is 5. The van der Waals surface area contributed by atoms with Crippen LogP contribution < -0.4 is 10.6 Å². The Balaban J connectivity index is 1.78. The number of carbonyl (C=O) groups is 1. The summed E-state index contributed by atoms with van der Waals surface area (Å²) in [6, 6.07) is 11.0. The number of hydrogen-bond acceptors (Lipinski definition) is 3. The van der Waals surface area contributed by atoms with Crippen LogP contribution in [-0.4, -0.2) is 17.4 Å². The summed E-state index contributed by atoms with van der Waals surface area (Å²) < 4.78 is 0. The molecule has 5 heteroatoms. The number of carbonyl (C=O) groups excluding carboxylic acids is 1. The average molecular weight is 276 g/mol. The molecule has 0 saturated heterocycles. The Morgan fingerprint density at radius 1 is 1.21 bits per heavy atom. The van der Waals surface area contributed by atoms with Gasteiger partial charge in [0.1, 0.15) is 0 Å². The van der Waals surface area contributed by atoms with Gasteiger partial charge in [0.25, 0.3) is 0 Å². The molecule has 0 saturated carbocycles. The van der Waals surface area contributed by atoms with Gasteiger partial charge in [-0.15, -0.1) is 0 Å². The molecule has 0 aliphatic rings. The highest BCUT2D eigenvalue weighted by Crippen LogP contribution is 2.19. The molecule has 1 aromatic carbocycles. The van der Waals surface area contributed by atoms with Crippen LogP contribution in [0, 0.1) is 0 Å². The first-order valence-electron chi connectivity index (χ1n) is 5.90. The molecule has 0 radical (unpaired) electrons. The third-order valence-electron chi connectivity index (χ3n) is 2.49. The molecule has 0 fully saturated rings. The van der Waals surface area contributed by atoms with Gasteiger partial charge in [0.2, 0.25) is 5.91 Å². The number of aromatic nitrogens is 1. The molecule has 1 amide bonds. The van der Waals surface area contributed by atoms with Crippen LogP contribution >= 0.6 is 11.6 Å². The lowest BCUT2D eigenvalue weighted by atomic mass is 10.3. The van der Waals surface area contributed by atoms with Crippen LogP contribution in [0.2, 0.25) is 5.02 Å². The molecule has 1 heterocycles. The van der Waals surface area contributed by atoms with E-state index in [0.29, 0.717) is 17.3 Å². The minimum atomic E-state index is -0.128. The van der Waals surface area contributed by atoms with Gasteiger partial charge in [-0.05, 0) is 23.8 Å². The summed E-state index contributed by atoms with van der Waals surface area (Å²) in [4.78, 5) is 15.7. The Morgan fingerprint density at radius 2 is 2.05 bits per heavy atom. The Bertz CT molecular complexity index is 545. The molecule has 2 rings (SSSR count). The number of amides is 1. The van der Waals surface area contributed by atoms with Gasteiger partial charge >= 0.3 is 0 Å². The number of halogens is 1. The first-order valence-corrected chi connectivity index (χ1v) is 6.27. The van der Waals surface area contributed by atoms with E-state index >= 15 is 0 Å². The van der Waals surface area contributed by atoms with Crippen molar-refractivity contribution in [2.45, 2.75) is 6.54 Å². The first-order chi connectivity index (χ1) is 9.25. The molecule has 4 nitrogen and oxygen atoms in total. The second kappa shape index (κ2) is 6.87. The van der Waals surface area contributed by atoms with Crippen molar-refractivity contribution in [2.24, 2.45) is 0 Å². The smallest absolute Gasteiger partial charge is 0.238 e. The zero-order chi connectivity index (χ0) is 13.5. The fourth-order valence-corrected chi connectivity index (χ4v) is 1.76. The lowest BCUT2D eigenvalue weighted by Gasteiger charge is -2.08. The van der Waals surface area contributed by atoms with Crippen molar-refractivity contribution in [3.8, 4) is 0 Å². The summed E-state index contributed by atoms with van der Waals surface area (Å²) >= 11 is 5.95. The zero-order valence-corrected chi connectivity index (χ0v) is 11.0. The Labute approximate surface area is 116 Å². The predicted molar refractivity (Wildman–Crippen MR) is 76.0 cm³/mol. The lowest BCUT2D eigenvalue weighted by Crippen LogP contribution is -2.27. The molecule has 0 spiro atoms. The summed E-state index contributed by atoms with van der Waals surface area (Å²) in [5, 5.41) is 6.32. The minimum Gasteiger partial charge on any atom is -0.324 e. The predicted octanol–water partition coefficient (Wildman–Crippen LogP) is 2.46. The van der Waals surface area contributed by atoms with E-state index in [4.69, 9.17) is 11.6 Å². The summed E-state index contributed by atoms with van der Waals surface area (Å²) in [5.74, 6) is -0.128. The van der Waals surface area contributed by atoms with Crippen LogP contribution in [0.4, 0.5) is 5.69 Å². The topological polar surface area (TPSA) is 54.0 Å². The number of benzene rings is 1. The highest BCUT2D eigenvalue weighted by molar-refractivity contribution is 6.33. The van der Waals surface area contributed by atoms with Crippen molar-refractivity contribution in [3.63, 3.8) is 0 Å². The third-order valence-corrected chi connectivity index (χ3v) is 2.82. The van der Waals surface area contributed by atoms with Gasteiger partial charge in [-0.25, -0.2) is 0 Å². The van der Waals surface area contributed by atoms with Gasteiger partial charge in [0, 0.05) is 18.9 Å². The molecule has 0 aliphatic carbocycles. The quantitative estimate of drug-likeness (QED) is 0.881. The van der Waals surface area contributed by atoms with Crippen LogP contribution in [0.15, 0.2) is 48.8 Å². The normalized spacial score (nSPS) is 10.2. The first kappa shape index (κ1) is 13.5. The van der Waals surface area contributed by atoms with Crippen LogP contribution in [0.25, 0.3) is 0 Å². The molecule has 0 aliphatic heterocycles. The molecule has 98 valence electrons. The molecule has 2 N–H and O–H groups in total. The van der Waals surface area contributed by atoms with E-state index in [0.717, 1.165) is 5.56 Å². The van der Waals surface area contributed by atoms with Gasteiger partial charge in [-0.2, -0.15) is 0 Å². The van der Waals surface area contributed by atoms with Gasteiger partial charge in [-0.3, -0.25) is 9.78 Å². The SMILES string of the molecule is O=C(CNCc1cccnc1)Nc1ccccc1Cl. The maximum atomic E-state index is 11.7. The summed E-state index contributed by atoms with van der Waals surface area (Å²) in [7, 11) is 0. The van der Waals surface area contributed by atoms with Gasteiger partial charge < -0.3 is 10.6 Å². The van der Waals surface area contributed by atoms with E-state index in [1.165, 1.54) is 0 Å². The van der Waals surface area contributed by atoms with Crippen LogP contribution in [0.3, 0.4) is 0 Å². The second-order valence-corrected chi connectivity index (χ2v) is 4.40. The van der Waals surface area contributed by atoms with Crippen LogP contribution in [0.5, 0.6) is 0 Å². The van der Waals surface area contributed by atoms with E-state index in [-0.39, 0.29) is 12.5 Å². The van der Waals surface area contributed by atoms with Gasteiger partial charge in [-0.1, -0.05) is 29.8 Å². The molecular weight excluding hydrogens is 262 g/mol. The van der Waals surface area contributed by atoms with Crippen LogP contribution in [0.1, 0.15) is 5.56 Å². The highest BCUT2D eigenvalue weighted by atomic mass is 35.5. The summed E-state index contributed by atoms with van der Waals surface area (Å²) in [6.07, 6.45) is 3.48. The average Bonchev–Trinajstić information content (AvgIpc) is 2.43. The molecule has 0 bridgehead atoms. The maximum absolute atomic E-state index is 11.7. The Morgan fingerprint density at radius 3 is 2.79 bits per heavy atom. The zero-order valence-electron chi connectivity index (χ0n) is 10.3. The van der Waals surface area contributed by atoms with E-state index in [9.17, 15) is 4.79 Å². The summed E-state index contributed by atoms with van der Waals surface area (Å²) in [6.45, 7) is 0.823. The fourth-order valence-electron chi connectivity index (χ4n) is 1.58. The standard InChI is InChI=1S/C14H14ClN3O/c15-12-5-1-2-6-13(12)18-14(19)10-17-9-11-4-3-7-16-8-11/h1-8,17H,9-10H2,(H,18,19). The number of nitrogens with one attached hydrogen (secondary N) is 2. The largest absolute Gasteiger partial charge is 0.324 e. The summed E-state index contributed by atoms with van der Waals surface area (Å²) in [5.41, 5.74) is 1.66. The number of anilines is 1. The van der Waals surface area contributed by atoms with E-state index < -0.39 is 0 Å². The molecule has 0 atom stereocenters. The molecule has 0 unspecified atom stereocenters. The Hall–Kier alpha value is -1.91. The van der Waals surface area contributed by atoms with Crippen molar-refractivity contribution < 1.29 is 4.79 Å². The molecule has 1 aromatic heterocycles. The van der Waals surface area contributed by atoms with Crippen LogP contribution in [-0.2, 0) is 11.3 Å². The maximum Gasteiger partial charge on any atom is 0.238 e. The monoisotopic (exact) mass is 275 g/mol. The highest BCUT2D eigenvalue weighted by Gasteiger charge is 2.04. The van der Waals surface area contributed by atoms with E-state index in [1.807, 2.05) is 24.3 Å². The van der Waals surface area contributed by atoms with E-state index in [1.54, 1.807) is 24.5 Å². The van der Waals surface area contributed by atoms with Crippen molar-refractivity contribution in [1.82, 2.24) is 10.3 Å². The number of nitrogens with zero attached hydrogens (tertiary/aromatic N) is 1. The molecule has 19 heavy (non-hydrogen) atoms.